The molecular formula is C9H12O3. The van der Waals surface area contributed by atoms with Gasteiger partial charge in [0, 0.05) is 7.11 Å². The second-order valence-electron chi connectivity index (χ2n) is 1.89. The van der Waals surface area contributed by atoms with Gasteiger partial charge in [0.1, 0.15) is 6.61 Å². The van der Waals surface area contributed by atoms with Crippen molar-refractivity contribution >= 4 is 6.47 Å². The fourth-order valence-corrected chi connectivity index (χ4v) is 0.704. The molecule has 0 bridgehead atoms. The number of aliphatic hydroxyl groups excluding tert-OH is 1. The van der Waals surface area contributed by atoms with E-state index in [4.69, 9.17) is 5.11 Å². The van der Waals surface area contributed by atoms with Crippen molar-refractivity contribution in [1.29, 1.82) is 0 Å². The van der Waals surface area contributed by atoms with E-state index in [0.717, 1.165) is 12.7 Å². The van der Waals surface area contributed by atoms with Crippen LogP contribution in [-0.2, 0) is 16.1 Å². The van der Waals surface area contributed by atoms with Crippen molar-refractivity contribution in [3.63, 3.8) is 0 Å². The number of carbonyl (C=O) groups excluding carboxylic acids is 1. The summed E-state index contributed by atoms with van der Waals surface area (Å²) in [7, 11) is 1.00. The van der Waals surface area contributed by atoms with Crippen molar-refractivity contribution in [2.24, 2.45) is 0 Å². The Morgan fingerprint density at radius 2 is 1.92 bits per heavy atom. The van der Waals surface area contributed by atoms with Gasteiger partial charge in [0.2, 0.25) is 0 Å². The third-order valence-corrected chi connectivity index (χ3v) is 1.16. The standard InChI is InChI=1S/C8H8O2.CH4O/c9-7-10-6-8-4-2-1-3-5-8;1-2/h1-5,7H,6H2;2H,1H3. The SMILES string of the molecule is CO.O=COCc1ccccc1. The minimum absolute atomic E-state index is 0.365. The first kappa shape index (κ1) is 10.7. The van der Waals surface area contributed by atoms with Crippen LogP contribution < -0.4 is 0 Å². The highest BCUT2D eigenvalue weighted by atomic mass is 16.5. The molecule has 1 rings (SSSR count). The van der Waals surface area contributed by atoms with Gasteiger partial charge in [-0.2, -0.15) is 0 Å². The number of hydrogen-bond acceptors (Lipinski definition) is 3. The van der Waals surface area contributed by atoms with Crippen LogP contribution in [0.1, 0.15) is 5.56 Å². The number of benzene rings is 1. The highest BCUT2D eigenvalue weighted by Gasteiger charge is 1.87. The van der Waals surface area contributed by atoms with Crippen molar-refractivity contribution in [2.45, 2.75) is 6.61 Å². The van der Waals surface area contributed by atoms with Crippen LogP contribution in [-0.4, -0.2) is 18.7 Å². The van der Waals surface area contributed by atoms with E-state index in [1.54, 1.807) is 0 Å². The summed E-state index contributed by atoms with van der Waals surface area (Å²) in [6.45, 7) is 0.817. The lowest BCUT2D eigenvalue weighted by Gasteiger charge is -1.95. The molecule has 1 aromatic carbocycles. The molecule has 0 aliphatic heterocycles. The van der Waals surface area contributed by atoms with E-state index in [-0.39, 0.29) is 0 Å². The molecule has 0 unspecified atom stereocenters. The number of ether oxygens (including phenoxy) is 1. The fraction of sp³-hybridized carbons (Fsp3) is 0.222. The van der Waals surface area contributed by atoms with Gasteiger partial charge in [0.05, 0.1) is 0 Å². The molecule has 3 heteroatoms. The predicted octanol–water partition coefficient (Wildman–Crippen LogP) is 0.968. The van der Waals surface area contributed by atoms with Gasteiger partial charge in [-0.15, -0.1) is 0 Å². The molecule has 12 heavy (non-hydrogen) atoms. The summed E-state index contributed by atoms with van der Waals surface area (Å²) in [6.07, 6.45) is 0. The maximum atomic E-state index is 9.76. The molecule has 0 radical (unpaired) electrons. The summed E-state index contributed by atoms with van der Waals surface area (Å²) in [5, 5.41) is 7.00. The highest BCUT2D eigenvalue weighted by molar-refractivity contribution is 5.37. The topological polar surface area (TPSA) is 46.5 Å². The van der Waals surface area contributed by atoms with Crippen LogP contribution in [0.25, 0.3) is 0 Å². The van der Waals surface area contributed by atoms with Gasteiger partial charge in [-0.05, 0) is 5.56 Å². The van der Waals surface area contributed by atoms with Gasteiger partial charge in [-0.25, -0.2) is 0 Å². The molecule has 0 aliphatic carbocycles. The van der Waals surface area contributed by atoms with Gasteiger partial charge in [0.15, 0.2) is 0 Å². The summed E-state index contributed by atoms with van der Waals surface area (Å²) >= 11 is 0. The minimum atomic E-state index is 0.365. The van der Waals surface area contributed by atoms with Gasteiger partial charge in [0.25, 0.3) is 6.47 Å². The summed E-state index contributed by atoms with van der Waals surface area (Å²) in [5.74, 6) is 0. The Balaban J connectivity index is 0.000000561. The monoisotopic (exact) mass is 168 g/mol. The maximum absolute atomic E-state index is 9.76. The van der Waals surface area contributed by atoms with E-state index in [1.807, 2.05) is 30.3 Å². The third-order valence-electron chi connectivity index (χ3n) is 1.16. The number of aliphatic hydroxyl groups is 1. The van der Waals surface area contributed by atoms with E-state index in [9.17, 15) is 4.79 Å². The Labute approximate surface area is 71.6 Å². The normalized spacial score (nSPS) is 7.83. The smallest absolute Gasteiger partial charge is 0.293 e. The average Bonchev–Trinajstić information content (AvgIpc) is 2.19. The zero-order valence-electron chi connectivity index (χ0n) is 6.93. The largest absolute Gasteiger partial charge is 0.463 e. The van der Waals surface area contributed by atoms with Crippen LogP contribution in [0.15, 0.2) is 30.3 Å². The second-order valence-corrected chi connectivity index (χ2v) is 1.89. The molecule has 1 aromatic rings. The fourth-order valence-electron chi connectivity index (χ4n) is 0.704. The van der Waals surface area contributed by atoms with Crippen molar-refractivity contribution in [2.75, 3.05) is 7.11 Å². The van der Waals surface area contributed by atoms with Crippen molar-refractivity contribution in [1.82, 2.24) is 0 Å². The lowest BCUT2D eigenvalue weighted by Crippen LogP contribution is -1.88. The first-order chi connectivity index (χ1) is 5.93. The molecule has 0 spiro atoms. The number of carbonyl (C=O) groups is 1. The van der Waals surface area contributed by atoms with Gasteiger partial charge in [-0.1, -0.05) is 30.3 Å². The molecule has 0 fully saturated rings. The highest BCUT2D eigenvalue weighted by Crippen LogP contribution is 1.98. The quantitative estimate of drug-likeness (QED) is 0.684. The average molecular weight is 168 g/mol. The van der Waals surface area contributed by atoms with Crippen LogP contribution in [0.5, 0.6) is 0 Å². The van der Waals surface area contributed by atoms with Gasteiger partial charge in [-0.3, -0.25) is 4.79 Å². The molecule has 0 saturated carbocycles. The van der Waals surface area contributed by atoms with E-state index in [0.29, 0.717) is 13.1 Å². The van der Waals surface area contributed by atoms with Crippen LogP contribution in [0.2, 0.25) is 0 Å². The van der Waals surface area contributed by atoms with Crippen LogP contribution >= 0.6 is 0 Å². The molecule has 0 aromatic heterocycles. The zero-order chi connectivity index (χ0) is 9.23. The number of hydrogen-bond donors (Lipinski definition) is 1. The minimum Gasteiger partial charge on any atom is -0.463 e. The Morgan fingerprint density at radius 3 is 2.42 bits per heavy atom. The first-order valence-electron chi connectivity index (χ1n) is 3.47. The summed E-state index contributed by atoms with van der Waals surface area (Å²) in [5.41, 5.74) is 1.01. The van der Waals surface area contributed by atoms with Crippen molar-refractivity contribution < 1.29 is 14.6 Å². The third kappa shape index (κ3) is 4.46. The first-order valence-corrected chi connectivity index (χ1v) is 3.47. The van der Waals surface area contributed by atoms with E-state index < -0.39 is 0 Å². The lowest BCUT2D eigenvalue weighted by atomic mass is 10.2. The Hall–Kier alpha value is -1.35. The Kier molecular flexibility index (Phi) is 6.88. The molecule has 1 N–H and O–H groups in total. The summed E-state index contributed by atoms with van der Waals surface area (Å²) in [4.78, 5) is 9.76. The molecule has 0 saturated heterocycles. The second kappa shape index (κ2) is 7.75. The predicted molar refractivity (Wildman–Crippen MR) is 45.4 cm³/mol. The maximum Gasteiger partial charge on any atom is 0.293 e. The summed E-state index contributed by atoms with van der Waals surface area (Å²) < 4.78 is 4.54. The van der Waals surface area contributed by atoms with Crippen molar-refractivity contribution in [3.05, 3.63) is 35.9 Å². The molecular weight excluding hydrogens is 156 g/mol. The molecule has 0 heterocycles. The zero-order valence-corrected chi connectivity index (χ0v) is 6.93. The lowest BCUT2D eigenvalue weighted by molar-refractivity contribution is -0.129. The molecule has 0 amide bonds. The van der Waals surface area contributed by atoms with Crippen molar-refractivity contribution in [3.8, 4) is 0 Å². The van der Waals surface area contributed by atoms with E-state index in [2.05, 4.69) is 4.74 Å². The molecule has 0 aliphatic rings. The Morgan fingerprint density at radius 1 is 1.33 bits per heavy atom. The molecule has 0 atom stereocenters. The van der Waals surface area contributed by atoms with Crippen LogP contribution in [0.3, 0.4) is 0 Å². The number of rotatable bonds is 3. The summed E-state index contributed by atoms with van der Waals surface area (Å²) in [6, 6.07) is 9.55. The van der Waals surface area contributed by atoms with Gasteiger partial charge >= 0.3 is 0 Å². The van der Waals surface area contributed by atoms with Gasteiger partial charge < -0.3 is 9.84 Å². The Bertz CT molecular complexity index is 196. The van der Waals surface area contributed by atoms with E-state index in [1.165, 1.54) is 0 Å². The molecule has 66 valence electrons. The van der Waals surface area contributed by atoms with Crippen LogP contribution in [0.4, 0.5) is 0 Å². The van der Waals surface area contributed by atoms with Crippen LogP contribution in [0, 0.1) is 0 Å². The van der Waals surface area contributed by atoms with E-state index >= 15 is 0 Å². The molecule has 3 nitrogen and oxygen atoms in total.